The summed E-state index contributed by atoms with van der Waals surface area (Å²) in [5.41, 5.74) is 1.35. The molecule has 11 heteroatoms. The van der Waals surface area contributed by atoms with Crippen LogP contribution in [0.15, 0.2) is 40.0 Å². The van der Waals surface area contributed by atoms with E-state index in [4.69, 9.17) is 0 Å². The van der Waals surface area contributed by atoms with E-state index in [9.17, 15) is 26.4 Å². The summed E-state index contributed by atoms with van der Waals surface area (Å²) in [6, 6.07) is 5.91. The molecule has 1 N–H and O–H groups in total. The zero-order valence-corrected chi connectivity index (χ0v) is 14.8. The van der Waals surface area contributed by atoms with Crippen LogP contribution in [0.2, 0.25) is 0 Å². The van der Waals surface area contributed by atoms with Crippen LogP contribution in [0.1, 0.15) is 17.7 Å². The Morgan fingerprint density at radius 3 is 2.70 bits per heavy atom. The van der Waals surface area contributed by atoms with Gasteiger partial charge in [-0.05, 0) is 37.0 Å². The molecule has 0 saturated carbocycles. The highest BCUT2D eigenvalue weighted by atomic mass is 32.2. The molecule has 0 amide bonds. The lowest BCUT2D eigenvalue weighted by molar-refractivity contribution is -0.275. The van der Waals surface area contributed by atoms with Gasteiger partial charge in [0.2, 0.25) is 10.0 Å². The average Bonchev–Trinajstić information content (AvgIpc) is 3.00. The third-order valence-corrected chi connectivity index (χ3v) is 5.50. The Balaban J connectivity index is 1.72. The zero-order chi connectivity index (χ0) is 19.7. The third-order valence-electron chi connectivity index (χ3n) is 4.00. The van der Waals surface area contributed by atoms with Gasteiger partial charge >= 0.3 is 6.36 Å². The Labute approximate surface area is 152 Å². The monoisotopic (exact) mass is 403 g/mol. The molecule has 0 spiro atoms. The van der Waals surface area contributed by atoms with Gasteiger partial charge in [-0.25, -0.2) is 17.8 Å². The summed E-state index contributed by atoms with van der Waals surface area (Å²) in [7, 11) is -4.28. The number of aromatic nitrogens is 2. The number of nitrogens with one attached hydrogen (secondary N) is 1. The van der Waals surface area contributed by atoms with Crippen molar-refractivity contribution >= 4 is 10.0 Å². The minimum absolute atomic E-state index is 0.0480. The van der Waals surface area contributed by atoms with Crippen LogP contribution in [0, 0.1) is 0 Å². The van der Waals surface area contributed by atoms with E-state index in [1.165, 1.54) is 18.2 Å². The topological polar surface area (TPSA) is 90.3 Å². The summed E-state index contributed by atoms with van der Waals surface area (Å²) in [5, 5.41) is 4.21. The number of ether oxygens (including phenoxy) is 1. The predicted molar refractivity (Wildman–Crippen MR) is 88.8 cm³/mol. The van der Waals surface area contributed by atoms with Gasteiger partial charge < -0.3 is 4.74 Å². The molecule has 146 valence electrons. The molecule has 1 aliphatic rings. The van der Waals surface area contributed by atoms with Crippen molar-refractivity contribution in [2.45, 2.75) is 37.1 Å². The molecule has 1 aliphatic carbocycles. The van der Waals surface area contributed by atoms with Crippen molar-refractivity contribution in [1.82, 2.24) is 14.5 Å². The molecule has 0 aliphatic heterocycles. The second-order valence-electron chi connectivity index (χ2n) is 5.92. The number of aryl methyl sites for hydroxylation is 2. The maximum absolute atomic E-state index is 12.5. The molecule has 27 heavy (non-hydrogen) atoms. The summed E-state index contributed by atoms with van der Waals surface area (Å²) in [6.07, 6.45) is -2.56. The van der Waals surface area contributed by atoms with Crippen molar-refractivity contribution in [3.05, 3.63) is 51.9 Å². The minimum atomic E-state index is -5.02. The van der Waals surface area contributed by atoms with Gasteiger partial charge in [-0.3, -0.25) is 4.79 Å². The maximum atomic E-state index is 12.5. The first-order valence-corrected chi connectivity index (χ1v) is 9.58. The van der Waals surface area contributed by atoms with Gasteiger partial charge in [0.1, 0.15) is 10.6 Å². The van der Waals surface area contributed by atoms with E-state index in [0.29, 0.717) is 0 Å². The SMILES string of the molecule is O=c1cc2c(nn1CCNS(=O)(=O)c1ccccc1OC(F)(F)F)CCC2. The predicted octanol–water partition coefficient (Wildman–Crippen LogP) is 1.61. The van der Waals surface area contributed by atoms with E-state index in [1.807, 2.05) is 0 Å². The van der Waals surface area contributed by atoms with Gasteiger partial charge in [0.25, 0.3) is 5.56 Å². The van der Waals surface area contributed by atoms with Crippen LogP contribution in [0.5, 0.6) is 5.75 Å². The highest BCUT2D eigenvalue weighted by molar-refractivity contribution is 7.89. The van der Waals surface area contributed by atoms with Crippen molar-refractivity contribution < 1.29 is 26.3 Å². The number of sulfonamides is 1. The Morgan fingerprint density at radius 2 is 1.96 bits per heavy atom. The summed E-state index contributed by atoms with van der Waals surface area (Å²) in [4.78, 5) is 11.4. The quantitative estimate of drug-likeness (QED) is 0.792. The molecule has 1 aromatic carbocycles. The van der Waals surface area contributed by atoms with Crippen LogP contribution in [-0.2, 0) is 29.4 Å². The summed E-state index contributed by atoms with van der Waals surface area (Å²) < 4.78 is 69.1. The van der Waals surface area contributed by atoms with E-state index in [-0.39, 0.29) is 18.6 Å². The van der Waals surface area contributed by atoms with Crippen LogP contribution in [0.3, 0.4) is 0 Å². The zero-order valence-electron chi connectivity index (χ0n) is 14.0. The highest BCUT2D eigenvalue weighted by Gasteiger charge is 2.33. The van der Waals surface area contributed by atoms with Gasteiger partial charge in [-0.2, -0.15) is 5.10 Å². The van der Waals surface area contributed by atoms with Crippen LogP contribution in [0.4, 0.5) is 13.2 Å². The first-order valence-electron chi connectivity index (χ1n) is 8.10. The molecule has 0 fully saturated rings. The van der Waals surface area contributed by atoms with Crippen LogP contribution in [-0.4, -0.2) is 31.1 Å². The average molecular weight is 403 g/mol. The lowest BCUT2D eigenvalue weighted by Gasteiger charge is -2.14. The standard InChI is InChI=1S/C16H16F3N3O4S/c17-16(18,19)26-13-6-1-2-7-14(13)27(24,25)20-8-9-22-15(23)10-11-4-3-5-12(11)21-22/h1-2,6-7,10,20H,3-5,8-9H2. The van der Waals surface area contributed by atoms with Crippen LogP contribution < -0.4 is 15.0 Å². The fourth-order valence-electron chi connectivity index (χ4n) is 2.84. The Hall–Kier alpha value is -2.40. The number of alkyl halides is 3. The molecule has 0 unspecified atom stereocenters. The number of fused-ring (bicyclic) bond motifs is 1. The molecule has 3 rings (SSSR count). The molecular weight excluding hydrogens is 387 g/mol. The fourth-order valence-corrected chi connectivity index (χ4v) is 3.99. The molecular formula is C16H16F3N3O4S. The third kappa shape index (κ3) is 4.66. The summed E-state index contributed by atoms with van der Waals surface area (Å²) >= 11 is 0. The summed E-state index contributed by atoms with van der Waals surface area (Å²) in [6.45, 7) is -0.262. The molecule has 0 saturated heterocycles. The number of benzene rings is 1. The Bertz CT molecular complexity index is 1000. The number of halogens is 3. The molecule has 1 aromatic heterocycles. The van der Waals surface area contributed by atoms with Gasteiger partial charge in [-0.15, -0.1) is 13.2 Å². The van der Waals surface area contributed by atoms with E-state index in [0.717, 1.165) is 47.3 Å². The first kappa shape index (κ1) is 19.4. The van der Waals surface area contributed by atoms with Crippen LogP contribution in [0.25, 0.3) is 0 Å². The van der Waals surface area contributed by atoms with Gasteiger partial charge in [0.15, 0.2) is 0 Å². The molecule has 0 bridgehead atoms. The fraction of sp³-hybridized carbons (Fsp3) is 0.375. The highest BCUT2D eigenvalue weighted by Crippen LogP contribution is 2.29. The van der Waals surface area contributed by atoms with E-state index in [2.05, 4.69) is 14.6 Å². The molecule has 7 nitrogen and oxygen atoms in total. The van der Waals surface area contributed by atoms with Gasteiger partial charge in [0.05, 0.1) is 12.2 Å². The van der Waals surface area contributed by atoms with E-state index >= 15 is 0 Å². The Kier molecular flexibility index (Phi) is 5.24. The number of rotatable bonds is 6. The number of nitrogens with zero attached hydrogens (tertiary/aromatic N) is 2. The second kappa shape index (κ2) is 7.31. The lowest BCUT2D eigenvalue weighted by Crippen LogP contribution is -2.33. The lowest BCUT2D eigenvalue weighted by atomic mass is 10.2. The normalized spacial score (nSPS) is 14.2. The van der Waals surface area contributed by atoms with E-state index < -0.39 is 27.0 Å². The molecule has 0 atom stereocenters. The Morgan fingerprint density at radius 1 is 1.22 bits per heavy atom. The van der Waals surface area contributed by atoms with Gasteiger partial charge in [-0.1, -0.05) is 12.1 Å². The minimum Gasteiger partial charge on any atom is -0.404 e. The van der Waals surface area contributed by atoms with Gasteiger partial charge in [0, 0.05) is 12.6 Å². The van der Waals surface area contributed by atoms with Crippen molar-refractivity contribution in [1.29, 1.82) is 0 Å². The largest absolute Gasteiger partial charge is 0.573 e. The van der Waals surface area contributed by atoms with Crippen molar-refractivity contribution in [3.8, 4) is 5.75 Å². The number of hydrogen-bond acceptors (Lipinski definition) is 5. The molecule has 1 heterocycles. The number of hydrogen-bond donors (Lipinski definition) is 1. The van der Waals surface area contributed by atoms with Crippen molar-refractivity contribution in [2.24, 2.45) is 0 Å². The molecule has 0 radical (unpaired) electrons. The second-order valence-corrected chi connectivity index (χ2v) is 7.66. The first-order chi connectivity index (χ1) is 12.7. The number of para-hydroxylation sites is 1. The van der Waals surface area contributed by atoms with Crippen molar-refractivity contribution in [3.63, 3.8) is 0 Å². The smallest absolute Gasteiger partial charge is 0.404 e. The van der Waals surface area contributed by atoms with E-state index in [1.54, 1.807) is 0 Å². The van der Waals surface area contributed by atoms with Crippen LogP contribution >= 0.6 is 0 Å². The molecule has 2 aromatic rings. The summed E-state index contributed by atoms with van der Waals surface area (Å²) in [5.74, 6) is -0.828. The van der Waals surface area contributed by atoms with Crippen molar-refractivity contribution in [2.75, 3.05) is 6.54 Å². The maximum Gasteiger partial charge on any atom is 0.573 e.